The van der Waals surface area contributed by atoms with Crippen LogP contribution in [-0.4, -0.2) is 17.9 Å². The standard InChI is InChI=1S/C17H16O4/c1-11(21-17(19)15-6-3-9-20-15)16(18)14-8-7-12-4-2-5-13(12)10-14/h3,6-11H,2,4-5H2,1H3/t11-/m1/s1. The van der Waals surface area contributed by atoms with E-state index in [2.05, 4.69) is 0 Å². The van der Waals surface area contributed by atoms with Crippen molar-refractivity contribution in [3.05, 3.63) is 59.0 Å². The lowest BCUT2D eigenvalue weighted by Crippen LogP contribution is -2.24. The molecule has 3 rings (SSSR count). The second-order valence-corrected chi connectivity index (χ2v) is 5.23. The van der Waals surface area contributed by atoms with Crippen molar-refractivity contribution >= 4 is 11.8 Å². The molecule has 4 heteroatoms. The highest BCUT2D eigenvalue weighted by molar-refractivity contribution is 6.01. The lowest BCUT2D eigenvalue weighted by atomic mass is 10.0. The molecule has 0 aliphatic heterocycles. The van der Waals surface area contributed by atoms with Crippen molar-refractivity contribution in [1.82, 2.24) is 0 Å². The van der Waals surface area contributed by atoms with Crippen molar-refractivity contribution in [2.45, 2.75) is 32.3 Å². The molecule has 108 valence electrons. The summed E-state index contributed by atoms with van der Waals surface area (Å²) >= 11 is 0. The molecule has 1 atom stereocenters. The van der Waals surface area contributed by atoms with E-state index in [9.17, 15) is 9.59 Å². The summed E-state index contributed by atoms with van der Waals surface area (Å²) in [7, 11) is 0. The van der Waals surface area contributed by atoms with Crippen LogP contribution in [-0.2, 0) is 17.6 Å². The van der Waals surface area contributed by atoms with E-state index in [1.165, 1.54) is 23.5 Å². The molecule has 1 aromatic carbocycles. The van der Waals surface area contributed by atoms with Crippen LogP contribution in [0.2, 0.25) is 0 Å². The molecular formula is C17H16O4. The minimum atomic E-state index is -0.831. The molecule has 2 aromatic rings. The molecule has 0 amide bonds. The van der Waals surface area contributed by atoms with Crippen LogP contribution in [0.15, 0.2) is 41.0 Å². The van der Waals surface area contributed by atoms with E-state index in [4.69, 9.17) is 9.15 Å². The third-order valence-corrected chi connectivity index (χ3v) is 3.76. The molecule has 0 fully saturated rings. The van der Waals surface area contributed by atoms with E-state index in [1.807, 2.05) is 18.2 Å². The Morgan fingerprint density at radius 2 is 2.00 bits per heavy atom. The summed E-state index contributed by atoms with van der Waals surface area (Å²) in [6, 6.07) is 8.83. The Morgan fingerprint density at radius 1 is 1.19 bits per heavy atom. The number of rotatable bonds is 4. The van der Waals surface area contributed by atoms with Gasteiger partial charge in [0.25, 0.3) is 0 Å². The molecule has 0 bridgehead atoms. The third kappa shape index (κ3) is 2.75. The number of esters is 1. The van der Waals surface area contributed by atoms with Gasteiger partial charge < -0.3 is 9.15 Å². The lowest BCUT2D eigenvalue weighted by molar-refractivity contribution is 0.0289. The Bertz CT molecular complexity index is 670. The SMILES string of the molecule is C[C@@H](OC(=O)c1ccco1)C(=O)c1ccc2c(c1)CCC2. The van der Waals surface area contributed by atoms with E-state index in [1.54, 1.807) is 13.0 Å². The molecular weight excluding hydrogens is 268 g/mol. The second kappa shape index (κ2) is 5.56. The van der Waals surface area contributed by atoms with Gasteiger partial charge in [0.1, 0.15) is 0 Å². The van der Waals surface area contributed by atoms with Gasteiger partial charge in [-0.25, -0.2) is 4.79 Å². The smallest absolute Gasteiger partial charge is 0.374 e. The molecule has 0 saturated heterocycles. The maximum atomic E-state index is 12.3. The molecule has 1 aliphatic rings. The Morgan fingerprint density at radius 3 is 2.76 bits per heavy atom. The summed E-state index contributed by atoms with van der Waals surface area (Å²) in [5.41, 5.74) is 3.13. The minimum absolute atomic E-state index is 0.101. The first-order valence-electron chi connectivity index (χ1n) is 7.05. The second-order valence-electron chi connectivity index (χ2n) is 5.23. The maximum absolute atomic E-state index is 12.3. The molecule has 21 heavy (non-hydrogen) atoms. The Kier molecular flexibility index (Phi) is 3.60. The third-order valence-electron chi connectivity index (χ3n) is 3.76. The van der Waals surface area contributed by atoms with Gasteiger partial charge in [0, 0.05) is 5.56 Å². The van der Waals surface area contributed by atoms with Gasteiger partial charge in [-0.1, -0.05) is 12.1 Å². The summed E-state index contributed by atoms with van der Waals surface area (Å²) in [5.74, 6) is -0.713. The Labute approximate surface area is 122 Å². The Balaban J connectivity index is 1.71. The van der Waals surface area contributed by atoms with E-state index in [0.717, 1.165) is 19.3 Å². The van der Waals surface area contributed by atoms with Crippen LogP contribution in [0.1, 0.15) is 45.4 Å². The normalized spacial score (nSPS) is 14.5. The number of fused-ring (bicyclic) bond motifs is 1. The number of carbonyl (C=O) groups excluding carboxylic acids is 2. The first-order chi connectivity index (χ1) is 10.1. The summed E-state index contributed by atoms with van der Waals surface area (Å²) in [5, 5.41) is 0. The van der Waals surface area contributed by atoms with Crippen LogP contribution in [0.25, 0.3) is 0 Å². The number of ether oxygens (including phenoxy) is 1. The van der Waals surface area contributed by atoms with Crippen LogP contribution in [0.3, 0.4) is 0 Å². The highest BCUT2D eigenvalue weighted by Crippen LogP contribution is 2.23. The van der Waals surface area contributed by atoms with Crippen molar-refractivity contribution in [2.75, 3.05) is 0 Å². The zero-order valence-electron chi connectivity index (χ0n) is 11.8. The largest absolute Gasteiger partial charge is 0.457 e. The number of benzene rings is 1. The van der Waals surface area contributed by atoms with E-state index >= 15 is 0 Å². The number of aryl methyl sites for hydroxylation is 2. The van der Waals surface area contributed by atoms with E-state index < -0.39 is 12.1 Å². The summed E-state index contributed by atoms with van der Waals surface area (Å²) < 4.78 is 10.1. The number of hydrogen-bond acceptors (Lipinski definition) is 4. The van der Waals surface area contributed by atoms with Crippen molar-refractivity contribution in [3.63, 3.8) is 0 Å². The first kappa shape index (κ1) is 13.6. The van der Waals surface area contributed by atoms with Crippen LogP contribution >= 0.6 is 0 Å². The molecule has 0 N–H and O–H groups in total. The first-order valence-corrected chi connectivity index (χ1v) is 7.05. The summed E-state index contributed by atoms with van der Waals surface area (Å²) in [4.78, 5) is 24.1. The number of furan rings is 1. The van der Waals surface area contributed by atoms with Gasteiger partial charge in [0.2, 0.25) is 11.5 Å². The topological polar surface area (TPSA) is 56.5 Å². The van der Waals surface area contributed by atoms with Gasteiger partial charge in [0.15, 0.2) is 6.10 Å². The fourth-order valence-corrected chi connectivity index (χ4v) is 2.63. The monoisotopic (exact) mass is 284 g/mol. The van der Waals surface area contributed by atoms with Gasteiger partial charge in [-0.05, 0) is 55.5 Å². The molecule has 1 aliphatic carbocycles. The molecule has 1 heterocycles. The highest BCUT2D eigenvalue weighted by atomic mass is 16.6. The van der Waals surface area contributed by atoms with Gasteiger partial charge >= 0.3 is 5.97 Å². The average molecular weight is 284 g/mol. The molecule has 0 unspecified atom stereocenters. The van der Waals surface area contributed by atoms with Gasteiger partial charge in [-0.15, -0.1) is 0 Å². The predicted octanol–water partition coefficient (Wildman–Crippen LogP) is 3.20. The highest BCUT2D eigenvalue weighted by Gasteiger charge is 2.23. The van der Waals surface area contributed by atoms with Crippen molar-refractivity contribution in [2.24, 2.45) is 0 Å². The van der Waals surface area contributed by atoms with Crippen molar-refractivity contribution in [3.8, 4) is 0 Å². The van der Waals surface area contributed by atoms with Crippen LogP contribution in [0.5, 0.6) is 0 Å². The molecule has 0 saturated carbocycles. The summed E-state index contributed by atoms with van der Waals surface area (Å²) in [6.45, 7) is 1.58. The zero-order chi connectivity index (χ0) is 14.8. The van der Waals surface area contributed by atoms with Crippen LogP contribution in [0.4, 0.5) is 0 Å². The molecule has 1 aromatic heterocycles. The van der Waals surface area contributed by atoms with Crippen LogP contribution in [0, 0.1) is 0 Å². The molecule has 4 nitrogen and oxygen atoms in total. The lowest BCUT2D eigenvalue weighted by Gasteiger charge is -2.12. The van der Waals surface area contributed by atoms with Gasteiger partial charge in [-0.3, -0.25) is 4.79 Å². The van der Waals surface area contributed by atoms with Crippen LogP contribution < -0.4 is 0 Å². The number of carbonyl (C=O) groups is 2. The number of Topliss-reactive ketones (excluding diaryl/α,β-unsaturated/α-hetero) is 1. The van der Waals surface area contributed by atoms with E-state index in [0.29, 0.717) is 5.56 Å². The number of ketones is 1. The number of hydrogen-bond donors (Lipinski definition) is 0. The van der Waals surface area contributed by atoms with Crippen molar-refractivity contribution < 1.29 is 18.7 Å². The Hall–Kier alpha value is -2.36. The van der Waals surface area contributed by atoms with E-state index in [-0.39, 0.29) is 11.5 Å². The quantitative estimate of drug-likeness (QED) is 0.639. The zero-order valence-corrected chi connectivity index (χ0v) is 11.8. The maximum Gasteiger partial charge on any atom is 0.374 e. The van der Waals surface area contributed by atoms with Crippen molar-refractivity contribution in [1.29, 1.82) is 0 Å². The van der Waals surface area contributed by atoms with Gasteiger partial charge in [-0.2, -0.15) is 0 Å². The minimum Gasteiger partial charge on any atom is -0.457 e. The molecule has 0 spiro atoms. The molecule has 0 radical (unpaired) electrons. The fraction of sp³-hybridized carbons (Fsp3) is 0.294. The summed E-state index contributed by atoms with van der Waals surface area (Å²) in [6.07, 6.45) is 3.78. The predicted molar refractivity (Wildman–Crippen MR) is 76.4 cm³/mol. The average Bonchev–Trinajstić information content (AvgIpc) is 3.16. The van der Waals surface area contributed by atoms with Gasteiger partial charge in [0.05, 0.1) is 6.26 Å². The fourth-order valence-electron chi connectivity index (χ4n) is 2.63.